The summed E-state index contributed by atoms with van der Waals surface area (Å²) in [5.74, 6) is 1.74. The third kappa shape index (κ3) is 2.52. The summed E-state index contributed by atoms with van der Waals surface area (Å²) < 4.78 is 5.08. The molecule has 0 spiro atoms. The minimum Gasteiger partial charge on any atom is -0.481 e. The fourth-order valence-electron chi connectivity index (χ4n) is 3.02. The van der Waals surface area contributed by atoms with Crippen molar-refractivity contribution < 1.29 is 4.74 Å². The second-order valence-corrected chi connectivity index (χ2v) is 5.84. The number of ether oxygens (including phenoxy) is 1. The quantitative estimate of drug-likeness (QED) is 0.745. The summed E-state index contributed by atoms with van der Waals surface area (Å²) in [5.41, 5.74) is 3.54. The Morgan fingerprint density at radius 3 is 2.88 bits per heavy atom. The SMILES string of the molecule is COc1ccc(-c2cnc3nc(C4CCN(C#N)C4)[nH]c3c2)cn1. The molecule has 1 atom stereocenters. The van der Waals surface area contributed by atoms with Crippen molar-refractivity contribution >= 4 is 11.2 Å². The highest BCUT2D eigenvalue weighted by Gasteiger charge is 2.25. The van der Waals surface area contributed by atoms with Crippen LogP contribution in [0.4, 0.5) is 0 Å². The van der Waals surface area contributed by atoms with Crippen molar-refractivity contribution in [2.75, 3.05) is 20.2 Å². The van der Waals surface area contributed by atoms with E-state index in [1.54, 1.807) is 24.4 Å². The first-order valence-electron chi connectivity index (χ1n) is 7.77. The molecule has 0 aromatic carbocycles. The van der Waals surface area contributed by atoms with Crippen LogP contribution in [0, 0.1) is 11.5 Å². The van der Waals surface area contributed by atoms with Crippen molar-refractivity contribution in [2.24, 2.45) is 0 Å². The number of nitrogens with one attached hydrogen (secondary N) is 1. The molecule has 0 saturated carbocycles. The normalized spacial score (nSPS) is 17.2. The van der Waals surface area contributed by atoms with Crippen molar-refractivity contribution in [1.29, 1.82) is 5.26 Å². The lowest BCUT2D eigenvalue weighted by molar-refractivity contribution is 0.398. The molecule has 0 radical (unpaired) electrons. The number of methoxy groups -OCH3 is 1. The monoisotopic (exact) mass is 320 g/mol. The molecule has 1 saturated heterocycles. The molecule has 1 aliphatic heterocycles. The molecule has 3 aromatic heterocycles. The third-order valence-corrected chi connectivity index (χ3v) is 4.35. The molecule has 120 valence electrons. The van der Waals surface area contributed by atoms with E-state index in [0.717, 1.165) is 35.4 Å². The minimum absolute atomic E-state index is 0.255. The van der Waals surface area contributed by atoms with Crippen molar-refractivity contribution in [3.63, 3.8) is 0 Å². The number of hydrogen-bond acceptors (Lipinski definition) is 6. The Kier molecular flexibility index (Phi) is 3.50. The first-order chi connectivity index (χ1) is 11.8. The maximum Gasteiger partial charge on any atom is 0.212 e. The zero-order valence-corrected chi connectivity index (χ0v) is 13.2. The summed E-state index contributed by atoms with van der Waals surface area (Å²) in [6, 6.07) is 5.81. The van der Waals surface area contributed by atoms with E-state index in [1.165, 1.54) is 0 Å². The lowest BCUT2D eigenvalue weighted by Crippen LogP contribution is -2.13. The number of hydrogen-bond donors (Lipinski definition) is 1. The molecular weight excluding hydrogens is 304 g/mol. The first kappa shape index (κ1) is 14.5. The Morgan fingerprint density at radius 1 is 1.29 bits per heavy atom. The Bertz CT molecular complexity index is 911. The third-order valence-electron chi connectivity index (χ3n) is 4.35. The van der Waals surface area contributed by atoms with E-state index in [1.807, 2.05) is 18.2 Å². The van der Waals surface area contributed by atoms with Gasteiger partial charge in [-0.05, 0) is 18.6 Å². The first-order valence-corrected chi connectivity index (χ1v) is 7.77. The number of aromatic nitrogens is 4. The molecule has 1 aliphatic rings. The second-order valence-electron chi connectivity index (χ2n) is 5.84. The van der Waals surface area contributed by atoms with Gasteiger partial charge in [-0.3, -0.25) is 0 Å². The van der Waals surface area contributed by atoms with Crippen LogP contribution in [0.1, 0.15) is 18.2 Å². The van der Waals surface area contributed by atoms with Gasteiger partial charge in [-0.15, -0.1) is 0 Å². The van der Waals surface area contributed by atoms with Crippen molar-refractivity contribution in [1.82, 2.24) is 24.8 Å². The van der Waals surface area contributed by atoms with Gasteiger partial charge in [0, 0.05) is 48.6 Å². The largest absolute Gasteiger partial charge is 0.481 e. The van der Waals surface area contributed by atoms with Gasteiger partial charge < -0.3 is 14.6 Å². The molecular formula is C17H16N6O. The summed E-state index contributed by atoms with van der Waals surface area (Å²) in [7, 11) is 1.60. The summed E-state index contributed by atoms with van der Waals surface area (Å²) >= 11 is 0. The zero-order chi connectivity index (χ0) is 16.5. The van der Waals surface area contributed by atoms with Crippen molar-refractivity contribution in [3.8, 4) is 23.2 Å². The van der Waals surface area contributed by atoms with Crippen molar-refractivity contribution in [2.45, 2.75) is 12.3 Å². The van der Waals surface area contributed by atoms with E-state index in [4.69, 9.17) is 10.00 Å². The van der Waals surface area contributed by atoms with E-state index >= 15 is 0 Å². The smallest absolute Gasteiger partial charge is 0.212 e. The molecule has 24 heavy (non-hydrogen) atoms. The van der Waals surface area contributed by atoms with Gasteiger partial charge in [0.2, 0.25) is 5.88 Å². The van der Waals surface area contributed by atoms with Crippen LogP contribution in [0.5, 0.6) is 5.88 Å². The second kappa shape index (κ2) is 5.81. The molecule has 1 unspecified atom stereocenters. The van der Waals surface area contributed by atoms with Gasteiger partial charge in [0.15, 0.2) is 11.8 Å². The van der Waals surface area contributed by atoms with Gasteiger partial charge in [-0.25, -0.2) is 15.0 Å². The highest BCUT2D eigenvalue weighted by Crippen LogP contribution is 2.28. The topological polar surface area (TPSA) is 90.7 Å². The van der Waals surface area contributed by atoms with Crippen LogP contribution >= 0.6 is 0 Å². The van der Waals surface area contributed by atoms with Crippen LogP contribution in [0.15, 0.2) is 30.6 Å². The average molecular weight is 320 g/mol. The molecule has 4 rings (SSSR count). The summed E-state index contributed by atoms with van der Waals surface area (Å²) in [6.45, 7) is 1.50. The zero-order valence-electron chi connectivity index (χ0n) is 13.2. The maximum absolute atomic E-state index is 8.99. The maximum atomic E-state index is 8.99. The lowest BCUT2D eigenvalue weighted by atomic mass is 10.1. The van der Waals surface area contributed by atoms with E-state index in [-0.39, 0.29) is 5.92 Å². The number of likely N-dealkylation sites (tertiary alicyclic amines) is 1. The molecule has 1 N–H and O–H groups in total. The molecule has 0 bridgehead atoms. The standard InChI is InChI=1S/C17H16N6O/c1-24-15-3-2-11(7-19-15)13-6-14-17(20-8-13)22-16(21-14)12-4-5-23(9-12)10-18/h2-3,6-8,12H,4-5,9H2,1H3,(H,20,21,22). The van der Waals surface area contributed by atoms with Crippen LogP contribution in [-0.2, 0) is 0 Å². The van der Waals surface area contributed by atoms with Crippen LogP contribution in [0.25, 0.3) is 22.3 Å². The summed E-state index contributed by atoms with van der Waals surface area (Å²) in [4.78, 5) is 18.4. The van der Waals surface area contributed by atoms with Gasteiger partial charge in [0.25, 0.3) is 0 Å². The number of nitriles is 1. The molecule has 1 fully saturated rings. The highest BCUT2D eigenvalue weighted by atomic mass is 16.5. The lowest BCUT2D eigenvalue weighted by Gasteiger charge is -2.05. The Balaban J connectivity index is 1.64. The Hall–Kier alpha value is -3.14. The van der Waals surface area contributed by atoms with E-state index < -0.39 is 0 Å². The highest BCUT2D eigenvalue weighted by molar-refractivity contribution is 5.78. The number of aromatic amines is 1. The predicted molar refractivity (Wildman–Crippen MR) is 88.2 cm³/mol. The van der Waals surface area contributed by atoms with Gasteiger partial charge >= 0.3 is 0 Å². The minimum atomic E-state index is 0.255. The van der Waals surface area contributed by atoms with Crippen LogP contribution in [0.3, 0.4) is 0 Å². The Labute approximate surface area is 138 Å². The van der Waals surface area contributed by atoms with Crippen LogP contribution in [0.2, 0.25) is 0 Å². The van der Waals surface area contributed by atoms with Crippen LogP contribution in [-0.4, -0.2) is 45.0 Å². The van der Waals surface area contributed by atoms with E-state index in [2.05, 4.69) is 26.1 Å². The van der Waals surface area contributed by atoms with E-state index in [9.17, 15) is 0 Å². The average Bonchev–Trinajstić information content (AvgIpc) is 3.27. The number of fused-ring (bicyclic) bond motifs is 1. The van der Waals surface area contributed by atoms with Gasteiger partial charge in [0.1, 0.15) is 5.82 Å². The number of pyridine rings is 2. The molecule has 0 aliphatic carbocycles. The number of nitrogens with zero attached hydrogens (tertiary/aromatic N) is 5. The molecule has 7 heteroatoms. The molecule has 0 amide bonds. The number of rotatable bonds is 3. The molecule has 7 nitrogen and oxygen atoms in total. The van der Waals surface area contributed by atoms with Gasteiger partial charge in [-0.1, -0.05) is 0 Å². The fraction of sp³-hybridized carbons (Fsp3) is 0.294. The van der Waals surface area contributed by atoms with Gasteiger partial charge in [-0.2, -0.15) is 5.26 Å². The number of imidazole rings is 1. The molecule has 3 aromatic rings. The molecule has 4 heterocycles. The summed E-state index contributed by atoms with van der Waals surface area (Å²) in [5, 5.41) is 8.99. The number of H-pyrrole nitrogens is 1. The van der Waals surface area contributed by atoms with Crippen LogP contribution < -0.4 is 4.74 Å². The van der Waals surface area contributed by atoms with Crippen molar-refractivity contribution in [3.05, 3.63) is 36.4 Å². The van der Waals surface area contributed by atoms with Gasteiger partial charge in [0.05, 0.1) is 12.6 Å². The predicted octanol–water partition coefficient (Wildman–Crippen LogP) is 2.30. The summed E-state index contributed by atoms with van der Waals surface area (Å²) in [6.07, 6.45) is 6.69. The fourth-order valence-corrected chi connectivity index (χ4v) is 3.02. The Morgan fingerprint density at radius 2 is 2.17 bits per heavy atom. The van der Waals surface area contributed by atoms with E-state index in [0.29, 0.717) is 18.1 Å².